The number of benzene rings is 2. The second-order valence-corrected chi connectivity index (χ2v) is 8.77. The molecule has 34 heavy (non-hydrogen) atoms. The fraction of sp³-hybridized carbons (Fsp3) is 0.346. The summed E-state index contributed by atoms with van der Waals surface area (Å²) < 4.78 is 5.55. The second-order valence-electron chi connectivity index (χ2n) is 8.39. The molecule has 0 atom stereocenters. The number of imide groups is 1. The zero-order chi connectivity index (χ0) is 24.1. The van der Waals surface area contributed by atoms with E-state index >= 15 is 0 Å². The molecule has 1 aliphatic heterocycles. The van der Waals surface area contributed by atoms with Gasteiger partial charge in [-0.15, -0.1) is 0 Å². The van der Waals surface area contributed by atoms with Crippen LogP contribution in [0.15, 0.2) is 59.3 Å². The topological polar surface area (TPSA) is 87.7 Å². The summed E-state index contributed by atoms with van der Waals surface area (Å²) in [4.78, 5) is 39.4. The fourth-order valence-corrected chi connectivity index (χ4v) is 4.59. The summed E-state index contributed by atoms with van der Waals surface area (Å²) >= 11 is 6.22. The van der Waals surface area contributed by atoms with Crippen molar-refractivity contribution in [2.24, 2.45) is 0 Å². The lowest BCUT2D eigenvalue weighted by Crippen LogP contribution is -2.43. The standard InChI is InChI=1S/C26H28ClN3O4/c1-2-34-21-11-7-6-10-20(21)29-24(31)18-14-12-17(13-15-18)16-28-23-22(27)25(32)30(26(23)33)19-8-4-3-5-9-19/h6-7,10-15,19,28H,2-5,8-9,16H2,1H3,(H,29,31). The van der Waals surface area contributed by atoms with Crippen molar-refractivity contribution in [3.05, 3.63) is 70.4 Å². The first-order valence-electron chi connectivity index (χ1n) is 11.6. The maximum absolute atomic E-state index is 12.9. The Kier molecular flexibility index (Phi) is 7.53. The van der Waals surface area contributed by atoms with E-state index in [4.69, 9.17) is 16.3 Å². The van der Waals surface area contributed by atoms with Gasteiger partial charge in [-0.3, -0.25) is 19.3 Å². The minimum atomic E-state index is -0.416. The first-order chi connectivity index (χ1) is 16.5. The van der Waals surface area contributed by atoms with E-state index in [-0.39, 0.29) is 28.6 Å². The molecule has 1 heterocycles. The number of para-hydroxylation sites is 2. The van der Waals surface area contributed by atoms with Crippen molar-refractivity contribution in [1.82, 2.24) is 10.2 Å². The van der Waals surface area contributed by atoms with E-state index in [1.807, 2.05) is 19.1 Å². The summed E-state index contributed by atoms with van der Waals surface area (Å²) in [6, 6.07) is 14.2. The Morgan fingerprint density at radius 3 is 2.44 bits per heavy atom. The zero-order valence-corrected chi connectivity index (χ0v) is 19.9. The van der Waals surface area contributed by atoms with Crippen LogP contribution in [0.25, 0.3) is 0 Å². The van der Waals surface area contributed by atoms with Gasteiger partial charge in [-0.1, -0.05) is 55.1 Å². The molecule has 0 spiro atoms. The maximum Gasteiger partial charge on any atom is 0.278 e. The van der Waals surface area contributed by atoms with E-state index in [0.29, 0.717) is 30.2 Å². The summed E-state index contributed by atoms with van der Waals surface area (Å²) in [5.41, 5.74) is 2.09. The van der Waals surface area contributed by atoms with Crippen LogP contribution in [0.5, 0.6) is 5.75 Å². The van der Waals surface area contributed by atoms with Crippen LogP contribution in [0.2, 0.25) is 0 Å². The molecule has 0 saturated heterocycles. The van der Waals surface area contributed by atoms with Crippen LogP contribution in [0, 0.1) is 0 Å². The number of nitrogens with one attached hydrogen (secondary N) is 2. The van der Waals surface area contributed by atoms with Crippen molar-refractivity contribution in [3.8, 4) is 5.75 Å². The molecule has 0 radical (unpaired) electrons. The quantitative estimate of drug-likeness (QED) is 0.539. The molecule has 4 rings (SSSR count). The molecule has 3 amide bonds. The van der Waals surface area contributed by atoms with Crippen molar-refractivity contribution in [2.45, 2.75) is 51.6 Å². The molecule has 0 aromatic heterocycles. The second kappa shape index (κ2) is 10.7. The predicted molar refractivity (Wildman–Crippen MR) is 130 cm³/mol. The molecular weight excluding hydrogens is 454 g/mol. The van der Waals surface area contributed by atoms with Gasteiger partial charge in [0.2, 0.25) is 0 Å². The fourth-order valence-electron chi connectivity index (χ4n) is 4.35. The van der Waals surface area contributed by atoms with E-state index < -0.39 is 5.91 Å². The van der Waals surface area contributed by atoms with Gasteiger partial charge in [0.15, 0.2) is 0 Å². The average molecular weight is 482 g/mol. The Hall–Kier alpha value is -3.32. The molecule has 1 saturated carbocycles. The van der Waals surface area contributed by atoms with Gasteiger partial charge in [0.25, 0.3) is 17.7 Å². The van der Waals surface area contributed by atoms with Crippen LogP contribution in [0.1, 0.15) is 54.9 Å². The first kappa shape index (κ1) is 23.8. The van der Waals surface area contributed by atoms with Gasteiger partial charge in [0.05, 0.1) is 12.3 Å². The van der Waals surface area contributed by atoms with Crippen LogP contribution in [-0.4, -0.2) is 35.3 Å². The van der Waals surface area contributed by atoms with Gasteiger partial charge < -0.3 is 15.4 Å². The minimum absolute atomic E-state index is 0.0560. The molecule has 2 N–H and O–H groups in total. The van der Waals surface area contributed by atoms with Crippen LogP contribution in [0.3, 0.4) is 0 Å². The van der Waals surface area contributed by atoms with Gasteiger partial charge >= 0.3 is 0 Å². The summed E-state index contributed by atoms with van der Waals surface area (Å²) in [5, 5.41) is 5.84. The van der Waals surface area contributed by atoms with Crippen LogP contribution < -0.4 is 15.4 Å². The number of nitrogens with zero attached hydrogens (tertiary/aromatic N) is 1. The summed E-state index contributed by atoms with van der Waals surface area (Å²) in [7, 11) is 0. The highest BCUT2D eigenvalue weighted by atomic mass is 35.5. The van der Waals surface area contributed by atoms with Gasteiger partial charge in [0, 0.05) is 18.2 Å². The third-order valence-electron chi connectivity index (χ3n) is 6.12. The van der Waals surface area contributed by atoms with Crippen molar-refractivity contribution >= 4 is 35.0 Å². The molecule has 178 valence electrons. The van der Waals surface area contributed by atoms with Crippen molar-refractivity contribution in [3.63, 3.8) is 0 Å². The Morgan fingerprint density at radius 2 is 1.74 bits per heavy atom. The van der Waals surface area contributed by atoms with Crippen molar-refractivity contribution in [1.29, 1.82) is 0 Å². The van der Waals surface area contributed by atoms with E-state index in [2.05, 4.69) is 10.6 Å². The molecule has 2 aliphatic rings. The normalized spacial score (nSPS) is 16.7. The highest BCUT2D eigenvalue weighted by molar-refractivity contribution is 6.47. The number of halogens is 1. The SMILES string of the molecule is CCOc1ccccc1NC(=O)c1ccc(CNC2=C(Cl)C(=O)N(C3CCCCC3)C2=O)cc1. The summed E-state index contributed by atoms with van der Waals surface area (Å²) in [6.07, 6.45) is 4.81. The Morgan fingerprint density at radius 1 is 1.03 bits per heavy atom. The van der Waals surface area contributed by atoms with Crippen molar-refractivity contribution < 1.29 is 19.1 Å². The Labute approximate surface area is 204 Å². The minimum Gasteiger partial charge on any atom is -0.492 e. The summed E-state index contributed by atoms with van der Waals surface area (Å²) in [6.45, 7) is 2.69. The highest BCUT2D eigenvalue weighted by Crippen LogP contribution is 2.31. The number of hydrogen-bond donors (Lipinski definition) is 2. The molecule has 2 aromatic rings. The zero-order valence-electron chi connectivity index (χ0n) is 19.1. The molecule has 2 aromatic carbocycles. The van der Waals surface area contributed by atoms with E-state index in [9.17, 15) is 14.4 Å². The van der Waals surface area contributed by atoms with E-state index in [0.717, 1.165) is 37.7 Å². The highest BCUT2D eigenvalue weighted by Gasteiger charge is 2.41. The van der Waals surface area contributed by atoms with Crippen LogP contribution >= 0.6 is 11.6 Å². The molecular formula is C26H28ClN3O4. The van der Waals surface area contributed by atoms with E-state index in [1.165, 1.54) is 4.90 Å². The maximum atomic E-state index is 12.9. The number of carbonyl (C=O) groups excluding carboxylic acids is 3. The predicted octanol–water partition coefficient (Wildman–Crippen LogP) is 4.58. The number of rotatable bonds is 8. The molecule has 0 bridgehead atoms. The van der Waals surface area contributed by atoms with Crippen LogP contribution in [0.4, 0.5) is 5.69 Å². The van der Waals surface area contributed by atoms with Crippen LogP contribution in [-0.2, 0) is 16.1 Å². The van der Waals surface area contributed by atoms with Gasteiger partial charge in [-0.25, -0.2) is 0 Å². The number of anilines is 1. The summed E-state index contributed by atoms with van der Waals surface area (Å²) in [5.74, 6) is -0.411. The monoisotopic (exact) mass is 481 g/mol. The first-order valence-corrected chi connectivity index (χ1v) is 12.0. The molecule has 7 nitrogen and oxygen atoms in total. The third kappa shape index (κ3) is 5.09. The molecule has 0 unspecified atom stereocenters. The Balaban J connectivity index is 1.37. The number of carbonyl (C=O) groups is 3. The third-order valence-corrected chi connectivity index (χ3v) is 6.47. The lowest BCUT2D eigenvalue weighted by Gasteiger charge is -2.29. The molecule has 8 heteroatoms. The molecule has 1 fully saturated rings. The van der Waals surface area contributed by atoms with Gasteiger partial charge in [-0.2, -0.15) is 0 Å². The number of ether oxygens (including phenoxy) is 1. The lowest BCUT2D eigenvalue weighted by atomic mass is 9.94. The van der Waals surface area contributed by atoms with E-state index in [1.54, 1.807) is 36.4 Å². The van der Waals surface area contributed by atoms with Crippen molar-refractivity contribution in [2.75, 3.05) is 11.9 Å². The average Bonchev–Trinajstić information content (AvgIpc) is 3.07. The largest absolute Gasteiger partial charge is 0.492 e. The van der Waals surface area contributed by atoms with Gasteiger partial charge in [0.1, 0.15) is 16.5 Å². The Bertz CT molecular complexity index is 1110. The smallest absolute Gasteiger partial charge is 0.278 e. The molecule has 1 aliphatic carbocycles. The number of amides is 3. The number of hydrogen-bond acceptors (Lipinski definition) is 5. The lowest BCUT2D eigenvalue weighted by molar-refractivity contribution is -0.140. The van der Waals surface area contributed by atoms with Gasteiger partial charge in [-0.05, 0) is 49.6 Å².